The first-order chi connectivity index (χ1) is 15.9. The molecule has 33 heavy (non-hydrogen) atoms. The third kappa shape index (κ3) is 4.40. The van der Waals surface area contributed by atoms with Gasteiger partial charge in [-0.15, -0.1) is 5.10 Å². The summed E-state index contributed by atoms with van der Waals surface area (Å²) in [5, 5.41) is 7.13. The first-order valence-corrected chi connectivity index (χ1v) is 10.4. The standard InChI is InChI=1S/C23H23N5O5/c1-26-21(15-5-9-18(33-2)10-6-15)25-27(23(26)32)14-13-24-22(31)16-3-7-17(8-4-16)28-19(29)11-12-20(28)30/h3-10H,11-14H2,1-2H3,(H,24,31). The van der Waals surface area contributed by atoms with Gasteiger partial charge in [-0.3, -0.25) is 23.9 Å². The molecule has 2 aromatic carbocycles. The summed E-state index contributed by atoms with van der Waals surface area (Å²) in [7, 11) is 3.22. The van der Waals surface area contributed by atoms with Crippen LogP contribution in [0.25, 0.3) is 11.4 Å². The number of carbonyl (C=O) groups is 3. The summed E-state index contributed by atoms with van der Waals surface area (Å²) in [6, 6.07) is 13.5. The highest BCUT2D eigenvalue weighted by atomic mass is 16.5. The topological polar surface area (TPSA) is 116 Å². The van der Waals surface area contributed by atoms with Gasteiger partial charge in [0.1, 0.15) is 5.75 Å². The molecule has 1 saturated heterocycles. The number of imide groups is 1. The number of aromatic nitrogens is 3. The number of anilines is 1. The summed E-state index contributed by atoms with van der Waals surface area (Å²) in [5.74, 6) is 0.396. The number of benzene rings is 2. The second-order valence-electron chi connectivity index (χ2n) is 7.54. The van der Waals surface area contributed by atoms with Crippen molar-refractivity contribution >= 4 is 23.4 Å². The van der Waals surface area contributed by atoms with E-state index < -0.39 is 0 Å². The molecule has 1 fully saturated rings. The number of nitrogens with zero attached hydrogens (tertiary/aromatic N) is 4. The zero-order valence-corrected chi connectivity index (χ0v) is 18.3. The molecular weight excluding hydrogens is 426 g/mol. The van der Waals surface area contributed by atoms with Crippen molar-refractivity contribution in [2.24, 2.45) is 7.05 Å². The van der Waals surface area contributed by atoms with Crippen molar-refractivity contribution in [3.8, 4) is 17.1 Å². The third-order valence-electron chi connectivity index (χ3n) is 5.44. The molecule has 10 nitrogen and oxygen atoms in total. The molecular formula is C23H23N5O5. The first-order valence-electron chi connectivity index (χ1n) is 10.4. The molecule has 0 atom stereocenters. The lowest BCUT2D eigenvalue weighted by atomic mass is 10.2. The second kappa shape index (κ2) is 9.11. The van der Waals surface area contributed by atoms with Gasteiger partial charge >= 0.3 is 5.69 Å². The van der Waals surface area contributed by atoms with Gasteiger partial charge < -0.3 is 10.1 Å². The van der Waals surface area contributed by atoms with Crippen molar-refractivity contribution in [1.82, 2.24) is 19.7 Å². The molecule has 0 unspecified atom stereocenters. The van der Waals surface area contributed by atoms with Crippen LogP contribution >= 0.6 is 0 Å². The molecule has 2 heterocycles. The zero-order chi connectivity index (χ0) is 23.5. The molecule has 170 valence electrons. The van der Waals surface area contributed by atoms with Crippen molar-refractivity contribution in [2.45, 2.75) is 19.4 Å². The summed E-state index contributed by atoms with van der Waals surface area (Å²) in [5.41, 5.74) is 1.31. The fourth-order valence-electron chi connectivity index (χ4n) is 3.63. The van der Waals surface area contributed by atoms with Gasteiger partial charge in [0.15, 0.2) is 5.82 Å². The number of ether oxygens (including phenoxy) is 1. The van der Waals surface area contributed by atoms with Crippen molar-refractivity contribution < 1.29 is 19.1 Å². The molecule has 1 aliphatic rings. The van der Waals surface area contributed by atoms with E-state index in [0.29, 0.717) is 22.8 Å². The van der Waals surface area contributed by atoms with Crippen molar-refractivity contribution in [1.29, 1.82) is 0 Å². The summed E-state index contributed by atoms with van der Waals surface area (Å²) in [6.45, 7) is 0.395. The van der Waals surface area contributed by atoms with Crippen LogP contribution in [-0.2, 0) is 23.2 Å². The predicted molar refractivity (Wildman–Crippen MR) is 120 cm³/mol. The minimum Gasteiger partial charge on any atom is -0.497 e. The second-order valence-corrected chi connectivity index (χ2v) is 7.54. The summed E-state index contributed by atoms with van der Waals surface area (Å²) < 4.78 is 7.90. The highest BCUT2D eigenvalue weighted by Gasteiger charge is 2.30. The van der Waals surface area contributed by atoms with Gasteiger partial charge in [0, 0.05) is 37.6 Å². The normalized spacial score (nSPS) is 13.5. The van der Waals surface area contributed by atoms with E-state index in [1.807, 2.05) is 12.1 Å². The Morgan fingerprint density at radius 1 is 1.00 bits per heavy atom. The van der Waals surface area contributed by atoms with E-state index in [1.54, 1.807) is 50.6 Å². The Bertz CT molecular complexity index is 1240. The number of carbonyl (C=O) groups excluding carboxylic acids is 3. The van der Waals surface area contributed by atoms with Gasteiger partial charge in [-0.1, -0.05) is 0 Å². The maximum absolute atomic E-state index is 12.5. The molecule has 1 aromatic heterocycles. The van der Waals surface area contributed by atoms with Gasteiger partial charge in [-0.05, 0) is 48.5 Å². The van der Waals surface area contributed by atoms with Gasteiger partial charge in [-0.2, -0.15) is 0 Å². The Labute approximate surface area is 189 Å². The number of methoxy groups -OCH3 is 1. The number of rotatable bonds is 7. The Kier molecular flexibility index (Phi) is 6.07. The largest absolute Gasteiger partial charge is 0.497 e. The first kappa shape index (κ1) is 22.0. The summed E-state index contributed by atoms with van der Waals surface area (Å²) >= 11 is 0. The van der Waals surface area contributed by atoms with Crippen LogP contribution in [-0.4, -0.2) is 45.7 Å². The fraction of sp³-hybridized carbons (Fsp3) is 0.261. The van der Waals surface area contributed by atoms with Gasteiger partial charge in [0.05, 0.1) is 19.3 Å². The smallest absolute Gasteiger partial charge is 0.345 e. The average molecular weight is 449 g/mol. The molecule has 3 aromatic rings. The molecule has 10 heteroatoms. The Morgan fingerprint density at radius 3 is 2.24 bits per heavy atom. The zero-order valence-electron chi connectivity index (χ0n) is 18.3. The monoisotopic (exact) mass is 449 g/mol. The SMILES string of the molecule is COc1ccc(-c2nn(CCNC(=O)c3ccc(N4C(=O)CCC4=O)cc3)c(=O)n2C)cc1. The molecule has 0 bridgehead atoms. The Balaban J connectivity index is 1.38. The minimum absolute atomic E-state index is 0.197. The maximum atomic E-state index is 12.5. The molecule has 0 saturated carbocycles. The third-order valence-corrected chi connectivity index (χ3v) is 5.44. The van der Waals surface area contributed by atoms with Crippen LogP contribution in [0.4, 0.5) is 5.69 Å². The summed E-state index contributed by atoms with van der Waals surface area (Å²) in [4.78, 5) is 49.8. The van der Waals surface area contributed by atoms with Crippen molar-refractivity contribution in [2.75, 3.05) is 18.6 Å². The molecule has 1 N–H and O–H groups in total. The highest BCUT2D eigenvalue weighted by Crippen LogP contribution is 2.23. The summed E-state index contributed by atoms with van der Waals surface area (Å²) in [6.07, 6.45) is 0.405. The van der Waals surface area contributed by atoms with Gasteiger partial charge in [0.2, 0.25) is 11.8 Å². The van der Waals surface area contributed by atoms with Crippen LogP contribution in [0, 0.1) is 0 Å². The predicted octanol–water partition coefficient (Wildman–Crippen LogP) is 1.34. The van der Waals surface area contributed by atoms with Crippen LogP contribution in [0.2, 0.25) is 0 Å². The fourth-order valence-corrected chi connectivity index (χ4v) is 3.63. The minimum atomic E-state index is -0.333. The van der Waals surface area contributed by atoms with Crippen LogP contribution in [0.1, 0.15) is 23.2 Å². The molecule has 4 rings (SSSR count). The van der Waals surface area contributed by atoms with Crippen LogP contribution in [0.3, 0.4) is 0 Å². The molecule has 0 spiro atoms. The van der Waals surface area contributed by atoms with Crippen LogP contribution in [0.15, 0.2) is 53.3 Å². The maximum Gasteiger partial charge on any atom is 0.345 e. The molecule has 3 amide bonds. The lowest BCUT2D eigenvalue weighted by Gasteiger charge is -2.14. The Morgan fingerprint density at radius 2 is 1.64 bits per heavy atom. The number of amides is 3. The van der Waals surface area contributed by atoms with E-state index in [-0.39, 0.29) is 49.3 Å². The lowest BCUT2D eigenvalue weighted by Crippen LogP contribution is -2.32. The van der Waals surface area contributed by atoms with E-state index in [1.165, 1.54) is 9.25 Å². The van der Waals surface area contributed by atoms with Crippen LogP contribution in [0.5, 0.6) is 5.75 Å². The van der Waals surface area contributed by atoms with Crippen molar-refractivity contribution in [3.63, 3.8) is 0 Å². The molecule has 0 radical (unpaired) electrons. The number of hydrogen-bond acceptors (Lipinski definition) is 6. The van der Waals surface area contributed by atoms with Gasteiger partial charge in [0.25, 0.3) is 5.91 Å². The van der Waals surface area contributed by atoms with Gasteiger partial charge in [-0.25, -0.2) is 9.48 Å². The lowest BCUT2D eigenvalue weighted by molar-refractivity contribution is -0.121. The number of nitrogens with one attached hydrogen (secondary N) is 1. The van der Waals surface area contributed by atoms with Crippen molar-refractivity contribution in [3.05, 3.63) is 64.6 Å². The Hall–Kier alpha value is -4.21. The van der Waals surface area contributed by atoms with E-state index in [4.69, 9.17) is 4.74 Å². The van der Waals surface area contributed by atoms with E-state index in [2.05, 4.69) is 10.4 Å². The highest BCUT2D eigenvalue weighted by molar-refractivity contribution is 6.19. The van der Waals surface area contributed by atoms with E-state index in [9.17, 15) is 19.2 Å². The molecule has 1 aliphatic heterocycles. The van der Waals surface area contributed by atoms with E-state index in [0.717, 1.165) is 10.5 Å². The molecule has 0 aliphatic carbocycles. The van der Waals surface area contributed by atoms with Crippen LogP contribution < -0.4 is 20.6 Å². The average Bonchev–Trinajstić information content (AvgIpc) is 3.32. The number of hydrogen-bond donors (Lipinski definition) is 1. The van der Waals surface area contributed by atoms with E-state index >= 15 is 0 Å². The quantitative estimate of drug-likeness (QED) is 0.545.